The Morgan fingerprint density at radius 1 is 1.28 bits per heavy atom. The molecule has 2 fully saturated rings. The van der Waals surface area contributed by atoms with Crippen LogP contribution in [0, 0.1) is 28.6 Å². The third-order valence-electron chi connectivity index (χ3n) is 9.31. The number of fused-ring (bicyclic) bond motifs is 3. The van der Waals surface area contributed by atoms with Gasteiger partial charge in [0, 0.05) is 22.8 Å². The lowest BCUT2D eigenvalue weighted by atomic mass is 9.58. The number of aliphatic hydroxyl groups is 5. The number of carbonyl (C=O) groups excluding carboxylic acids is 1. The van der Waals surface area contributed by atoms with Crippen molar-refractivity contribution in [1.82, 2.24) is 0 Å². The molecule has 178 valence electrons. The fourth-order valence-corrected chi connectivity index (χ4v) is 7.32. The fourth-order valence-electron chi connectivity index (χ4n) is 7.32. The number of allylic oxidation sites excluding steroid dienone is 1. The van der Waals surface area contributed by atoms with Crippen LogP contribution in [0.25, 0.3) is 0 Å². The normalized spacial score (nSPS) is 49.2. The van der Waals surface area contributed by atoms with Gasteiger partial charge in [-0.3, -0.25) is 0 Å². The minimum atomic E-state index is -2.11. The second-order valence-corrected chi connectivity index (χ2v) is 11.0. The Kier molecular flexibility index (Phi) is 5.17. The van der Waals surface area contributed by atoms with Crippen LogP contribution >= 0.6 is 0 Å². The van der Waals surface area contributed by atoms with Crippen molar-refractivity contribution in [2.45, 2.75) is 77.5 Å². The molecule has 0 aromatic heterocycles. The molecule has 7 nitrogen and oxygen atoms in total. The number of aliphatic hydroxyl groups excluding tert-OH is 3. The molecule has 5 N–H and O–H groups in total. The van der Waals surface area contributed by atoms with Gasteiger partial charge in [0.1, 0.15) is 11.7 Å². The summed E-state index contributed by atoms with van der Waals surface area (Å²) in [7, 11) is 0. The zero-order chi connectivity index (χ0) is 24.0. The summed E-state index contributed by atoms with van der Waals surface area (Å²) in [5.74, 6) is -1.98. The van der Waals surface area contributed by atoms with E-state index in [1.54, 1.807) is 39.0 Å². The molecule has 0 aromatic carbocycles. The van der Waals surface area contributed by atoms with E-state index in [2.05, 4.69) is 0 Å². The smallest absolute Gasteiger partial charge is 0.334 e. The Bertz CT molecular complexity index is 933. The Morgan fingerprint density at radius 3 is 2.47 bits per heavy atom. The Labute approximate surface area is 189 Å². The molecule has 32 heavy (non-hydrogen) atoms. The van der Waals surface area contributed by atoms with Gasteiger partial charge >= 0.3 is 5.97 Å². The van der Waals surface area contributed by atoms with E-state index >= 15 is 0 Å². The molecule has 9 atom stereocenters. The number of hydrogen-bond donors (Lipinski definition) is 5. The van der Waals surface area contributed by atoms with Gasteiger partial charge in [-0.2, -0.15) is 0 Å². The molecule has 4 aliphatic carbocycles. The predicted octanol–water partition coefficient (Wildman–Crippen LogP) is 1.24. The zero-order valence-electron chi connectivity index (χ0n) is 19.7. The maximum absolute atomic E-state index is 12.7. The van der Waals surface area contributed by atoms with Crippen molar-refractivity contribution >= 4 is 5.97 Å². The molecule has 4 rings (SSSR count). The minimum absolute atomic E-state index is 0.157. The third-order valence-corrected chi connectivity index (χ3v) is 9.31. The average molecular weight is 449 g/mol. The number of esters is 1. The summed E-state index contributed by atoms with van der Waals surface area (Å²) in [5.41, 5.74) is -3.99. The molecule has 0 heterocycles. The van der Waals surface area contributed by atoms with Gasteiger partial charge in [-0.05, 0) is 44.3 Å². The van der Waals surface area contributed by atoms with Crippen LogP contribution in [-0.4, -0.2) is 67.6 Å². The lowest BCUT2D eigenvalue weighted by Crippen LogP contribution is -2.67. The molecule has 0 amide bonds. The summed E-state index contributed by atoms with van der Waals surface area (Å²) in [6.07, 6.45) is 1.31. The van der Waals surface area contributed by atoms with Crippen LogP contribution in [0.4, 0.5) is 0 Å². The molecule has 0 saturated heterocycles. The van der Waals surface area contributed by atoms with E-state index in [0.29, 0.717) is 17.6 Å². The number of carbonyl (C=O) groups is 1. The topological polar surface area (TPSA) is 127 Å². The first kappa shape index (κ1) is 23.6. The van der Waals surface area contributed by atoms with Crippen LogP contribution in [0.3, 0.4) is 0 Å². The van der Waals surface area contributed by atoms with Crippen molar-refractivity contribution in [3.63, 3.8) is 0 Å². The first-order valence-electron chi connectivity index (χ1n) is 11.4. The number of ether oxygens (including phenoxy) is 1. The lowest BCUT2D eigenvalue weighted by Gasteiger charge is -2.52. The summed E-state index contributed by atoms with van der Waals surface area (Å²) < 4.78 is 5.73. The molecular weight excluding hydrogens is 412 g/mol. The van der Waals surface area contributed by atoms with Gasteiger partial charge < -0.3 is 30.3 Å². The largest absolute Gasteiger partial charge is 0.451 e. The van der Waals surface area contributed by atoms with E-state index in [1.807, 2.05) is 20.8 Å². The monoisotopic (exact) mass is 448 g/mol. The third kappa shape index (κ3) is 2.52. The minimum Gasteiger partial charge on any atom is -0.451 e. The molecule has 2 saturated carbocycles. The lowest BCUT2D eigenvalue weighted by molar-refractivity contribution is -0.224. The fraction of sp³-hybridized carbons (Fsp3) is 0.720. The highest BCUT2D eigenvalue weighted by molar-refractivity contribution is 5.88. The van der Waals surface area contributed by atoms with Gasteiger partial charge in [-0.15, -0.1) is 0 Å². The Hall–Kier alpha value is -1.51. The van der Waals surface area contributed by atoms with Crippen LogP contribution in [0.15, 0.2) is 34.9 Å². The first-order valence-corrected chi connectivity index (χ1v) is 11.4. The molecule has 1 unspecified atom stereocenters. The molecule has 0 radical (unpaired) electrons. The van der Waals surface area contributed by atoms with Gasteiger partial charge in [0.2, 0.25) is 0 Å². The quantitative estimate of drug-likeness (QED) is 0.250. The SMILES string of the molecule is C/C=C(/C)C(=O)O[C@H]1C(C)=C[C@]23C(O)[C@@H](C=C(CO)[C@@H](O)[C@]12O)[C@@H]1C(C)(C)[C@]1(O)C[C@H]3C. The Balaban J connectivity index is 1.93. The van der Waals surface area contributed by atoms with Crippen molar-refractivity contribution in [2.75, 3.05) is 6.61 Å². The summed E-state index contributed by atoms with van der Waals surface area (Å²) in [5, 5.41) is 57.2. The second kappa shape index (κ2) is 7.00. The highest BCUT2D eigenvalue weighted by Crippen LogP contribution is 2.74. The number of rotatable bonds is 3. The van der Waals surface area contributed by atoms with Crippen LogP contribution in [0.5, 0.6) is 0 Å². The second-order valence-electron chi connectivity index (χ2n) is 11.0. The standard InChI is InChI=1S/C25H36O7/c1-7-12(2)21(29)32-20-13(3)9-23-14(4)10-24(30)17(22(24,5)6)16(19(23)28)8-15(11-26)18(27)25(20,23)31/h7-9,14,16-20,26-28,30-31H,10-11H2,1-6H3/b12-7-/t14-,16+,17-,18-,19?,20+,23+,24+,25+/m1/s1. The molecule has 1 spiro atoms. The summed E-state index contributed by atoms with van der Waals surface area (Å²) in [6, 6.07) is 0. The molecule has 4 aliphatic rings. The molecule has 7 heteroatoms. The highest BCUT2D eigenvalue weighted by Gasteiger charge is 2.81. The van der Waals surface area contributed by atoms with E-state index in [-0.39, 0.29) is 11.5 Å². The summed E-state index contributed by atoms with van der Waals surface area (Å²) in [4.78, 5) is 12.7. The zero-order valence-corrected chi connectivity index (χ0v) is 19.7. The van der Waals surface area contributed by atoms with Crippen molar-refractivity contribution in [3.8, 4) is 0 Å². The van der Waals surface area contributed by atoms with Crippen molar-refractivity contribution in [1.29, 1.82) is 0 Å². The van der Waals surface area contributed by atoms with Crippen LogP contribution in [0.1, 0.15) is 48.0 Å². The maximum Gasteiger partial charge on any atom is 0.334 e. The van der Waals surface area contributed by atoms with E-state index in [0.717, 1.165) is 0 Å². The van der Waals surface area contributed by atoms with E-state index in [9.17, 15) is 30.3 Å². The Morgan fingerprint density at radius 2 is 1.91 bits per heavy atom. The van der Waals surface area contributed by atoms with Gasteiger partial charge in [0.25, 0.3) is 0 Å². The van der Waals surface area contributed by atoms with Gasteiger partial charge in [-0.1, -0.05) is 39.0 Å². The first-order chi connectivity index (χ1) is 14.8. The van der Waals surface area contributed by atoms with E-state index in [4.69, 9.17) is 4.74 Å². The van der Waals surface area contributed by atoms with Crippen molar-refractivity contribution in [3.05, 3.63) is 34.9 Å². The van der Waals surface area contributed by atoms with Crippen LogP contribution in [-0.2, 0) is 9.53 Å². The predicted molar refractivity (Wildman–Crippen MR) is 117 cm³/mol. The number of hydrogen-bond acceptors (Lipinski definition) is 7. The molecular formula is C25H36O7. The highest BCUT2D eigenvalue weighted by atomic mass is 16.6. The molecule has 2 bridgehead atoms. The van der Waals surface area contributed by atoms with E-state index in [1.165, 1.54) is 0 Å². The van der Waals surface area contributed by atoms with Crippen LogP contribution in [0.2, 0.25) is 0 Å². The van der Waals surface area contributed by atoms with Crippen LogP contribution < -0.4 is 0 Å². The van der Waals surface area contributed by atoms with E-state index < -0.39 is 64.8 Å². The average Bonchev–Trinajstić information content (AvgIpc) is 3.10. The summed E-state index contributed by atoms with van der Waals surface area (Å²) in [6.45, 7) is 10.2. The van der Waals surface area contributed by atoms with Gasteiger partial charge in [0.15, 0.2) is 6.10 Å². The maximum atomic E-state index is 12.7. The molecule has 0 aromatic rings. The van der Waals surface area contributed by atoms with Crippen molar-refractivity contribution < 1.29 is 35.1 Å². The van der Waals surface area contributed by atoms with Gasteiger partial charge in [-0.25, -0.2) is 4.79 Å². The van der Waals surface area contributed by atoms with Gasteiger partial charge in [0.05, 0.1) is 23.7 Å². The van der Waals surface area contributed by atoms with Crippen molar-refractivity contribution in [2.24, 2.45) is 28.6 Å². The molecule has 0 aliphatic heterocycles. The summed E-state index contributed by atoms with van der Waals surface area (Å²) >= 11 is 0.